The van der Waals surface area contributed by atoms with Crippen LogP contribution in [0, 0.1) is 0 Å². The maximum Gasteiger partial charge on any atom is 0.263 e. The monoisotopic (exact) mass is 368 g/mol. The van der Waals surface area contributed by atoms with Crippen molar-refractivity contribution in [3.05, 3.63) is 63.3 Å². The molecular formula is C19H17ClN4O2. The van der Waals surface area contributed by atoms with Gasteiger partial charge in [0.1, 0.15) is 12.9 Å². The van der Waals surface area contributed by atoms with Crippen molar-refractivity contribution in [2.45, 2.75) is 32.2 Å². The number of aryl methyl sites for hydroxylation is 2. The van der Waals surface area contributed by atoms with Crippen LogP contribution in [-0.4, -0.2) is 20.4 Å². The molecule has 1 aromatic carbocycles. The average molecular weight is 369 g/mol. The number of hydrogen-bond donors (Lipinski definition) is 1. The number of aromatic nitrogens is 3. The van der Waals surface area contributed by atoms with Crippen molar-refractivity contribution in [2.24, 2.45) is 0 Å². The minimum Gasteiger partial charge on any atom is -0.323 e. The zero-order valence-electron chi connectivity index (χ0n) is 14.0. The first kappa shape index (κ1) is 16.7. The highest BCUT2D eigenvalue weighted by atomic mass is 35.5. The van der Waals surface area contributed by atoms with Crippen LogP contribution in [0.2, 0.25) is 5.02 Å². The minimum absolute atomic E-state index is 0.135. The number of fused-ring (bicyclic) bond motifs is 2. The molecule has 0 radical (unpaired) electrons. The van der Waals surface area contributed by atoms with Gasteiger partial charge in [-0.15, -0.1) is 0 Å². The quantitative estimate of drug-likeness (QED) is 0.771. The summed E-state index contributed by atoms with van der Waals surface area (Å²) >= 11 is 6.04. The van der Waals surface area contributed by atoms with Crippen LogP contribution < -0.4 is 10.9 Å². The second kappa shape index (κ2) is 6.88. The van der Waals surface area contributed by atoms with Crippen LogP contribution in [0.25, 0.3) is 11.0 Å². The minimum atomic E-state index is -0.340. The predicted octanol–water partition coefficient (Wildman–Crippen LogP) is 2.96. The maximum absolute atomic E-state index is 12.7. The van der Waals surface area contributed by atoms with Gasteiger partial charge in [-0.3, -0.25) is 14.2 Å². The predicted molar refractivity (Wildman–Crippen MR) is 101 cm³/mol. The zero-order chi connectivity index (χ0) is 18.1. The van der Waals surface area contributed by atoms with Gasteiger partial charge in [0.25, 0.3) is 5.56 Å². The molecule has 3 aromatic rings. The Kier molecular flexibility index (Phi) is 4.42. The van der Waals surface area contributed by atoms with Gasteiger partial charge < -0.3 is 5.32 Å². The summed E-state index contributed by atoms with van der Waals surface area (Å²) in [6.45, 7) is -0.135. The third kappa shape index (κ3) is 3.20. The van der Waals surface area contributed by atoms with E-state index in [1.165, 1.54) is 10.9 Å². The normalized spacial score (nSPS) is 13.4. The summed E-state index contributed by atoms with van der Waals surface area (Å²) in [6.07, 6.45) is 5.45. The van der Waals surface area contributed by atoms with E-state index in [-0.39, 0.29) is 18.0 Å². The fourth-order valence-electron chi connectivity index (χ4n) is 3.23. The molecule has 0 bridgehead atoms. The van der Waals surface area contributed by atoms with Crippen LogP contribution >= 0.6 is 11.6 Å². The molecule has 0 saturated heterocycles. The van der Waals surface area contributed by atoms with Crippen molar-refractivity contribution in [1.82, 2.24) is 14.5 Å². The fraction of sp³-hybridized carbons (Fsp3) is 0.263. The van der Waals surface area contributed by atoms with E-state index >= 15 is 0 Å². The summed E-state index contributed by atoms with van der Waals surface area (Å²) in [5.74, 6) is -0.340. The second-order valence-corrected chi connectivity index (χ2v) is 6.79. The molecule has 2 aromatic heterocycles. The van der Waals surface area contributed by atoms with Gasteiger partial charge in [0.05, 0.1) is 16.1 Å². The molecule has 0 spiro atoms. The molecule has 0 fully saturated rings. The molecule has 2 heterocycles. The van der Waals surface area contributed by atoms with E-state index in [2.05, 4.69) is 15.3 Å². The topological polar surface area (TPSA) is 76.9 Å². The Labute approximate surface area is 154 Å². The number of amides is 1. The Morgan fingerprint density at radius 2 is 2.04 bits per heavy atom. The van der Waals surface area contributed by atoms with E-state index in [1.807, 2.05) is 6.07 Å². The molecule has 7 heteroatoms. The first-order valence-electron chi connectivity index (χ1n) is 8.54. The summed E-state index contributed by atoms with van der Waals surface area (Å²) in [6, 6.07) is 8.84. The molecule has 0 atom stereocenters. The van der Waals surface area contributed by atoms with Crippen LogP contribution in [0.3, 0.4) is 0 Å². The van der Waals surface area contributed by atoms with Crippen molar-refractivity contribution < 1.29 is 4.79 Å². The van der Waals surface area contributed by atoms with E-state index in [0.717, 1.165) is 36.9 Å². The number of rotatable bonds is 3. The number of carbonyl (C=O) groups excluding carboxylic acids is 1. The van der Waals surface area contributed by atoms with Gasteiger partial charge in [0, 0.05) is 5.69 Å². The number of nitrogens with zero attached hydrogens (tertiary/aromatic N) is 3. The lowest BCUT2D eigenvalue weighted by Gasteiger charge is -2.15. The number of pyridine rings is 1. The highest BCUT2D eigenvalue weighted by Gasteiger charge is 2.15. The van der Waals surface area contributed by atoms with Gasteiger partial charge in [-0.2, -0.15) is 0 Å². The number of para-hydroxylation sites is 1. The van der Waals surface area contributed by atoms with E-state index in [1.54, 1.807) is 24.3 Å². The molecule has 26 heavy (non-hydrogen) atoms. The molecule has 1 amide bonds. The van der Waals surface area contributed by atoms with Gasteiger partial charge in [-0.05, 0) is 49.4 Å². The molecule has 132 valence electrons. The lowest BCUT2D eigenvalue weighted by atomic mass is 9.95. The molecule has 0 unspecified atom stereocenters. The lowest BCUT2D eigenvalue weighted by molar-refractivity contribution is -0.116. The van der Waals surface area contributed by atoms with Crippen LogP contribution in [0.5, 0.6) is 0 Å². The molecule has 1 aliphatic carbocycles. The third-order valence-corrected chi connectivity index (χ3v) is 4.88. The number of nitrogens with one attached hydrogen (secondary N) is 1. The first-order valence-corrected chi connectivity index (χ1v) is 8.92. The van der Waals surface area contributed by atoms with E-state index < -0.39 is 0 Å². The zero-order valence-corrected chi connectivity index (χ0v) is 14.8. The third-order valence-electron chi connectivity index (χ3n) is 4.55. The molecule has 0 saturated carbocycles. The lowest BCUT2D eigenvalue weighted by Crippen LogP contribution is -2.28. The van der Waals surface area contributed by atoms with Crippen molar-refractivity contribution in [3.63, 3.8) is 0 Å². The smallest absolute Gasteiger partial charge is 0.263 e. The molecule has 0 aliphatic heterocycles. The van der Waals surface area contributed by atoms with E-state index in [4.69, 9.17) is 11.6 Å². The SMILES string of the molecule is O=C(Cn1cnc2nc3c(cc2c1=O)CCCC3)Nc1ccccc1Cl. The number of hydrogen-bond acceptors (Lipinski definition) is 4. The van der Waals surface area contributed by atoms with E-state index in [9.17, 15) is 9.59 Å². The van der Waals surface area contributed by atoms with Crippen molar-refractivity contribution in [3.8, 4) is 0 Å². The fourth-order valence-corrected chi connectivity index (χ4v) is 3.41. The summed E-state index contributed by atoms with van der Waals surface area (Å²) in [7, 11) is 0. The molecule has 1 aliphatic rings. The Morgan fingerprint density at radius 1 is 1.23 bits per heavy atom. The molecule has 6 nitrogen and oxygen atoms in total. The standard InChI is InChI=1S/C19H17ClN4O2/c20-14-6-2-4-8-16(14)22-17(25)10-24-11-21-18-13(19(24)26)9-12-5-1-3-7-15(12)23-18/h2,4,6,8-9,11H,1,3,5,7,10H2,(H,22,25). The van der Waals surface area contributed by atoms with Crippen molar-refractivity contribution in [1.29, 1.82) is 0 Å². The van der Waals surface area contributed by atoms with Gasteiger partial charge in [-0.1, -0.05) is 23.7 Å². The largest absolute Gasteiger partial charge is 0.323 e. The number of carbonyl (C=O) groups is 1. The van der Waals surface area contributed by atoms with Crippen LogP contribution in [0.1, 0.15) is 24.1 Å². The Balaban J connectivity index is 1.62. The average Bonchev–Trinajstić information content (AvgIpc) is 2.65. The second-order valence-electron chi connectivity index (χ2n) is 6.38. The molecular weight excluding hydrogens is 352 g/mol. The Morgan fingerprint density at radius 3 is 2.88 bits per heavy atom. The highest BCUT2D eigenvalue weighted by Crippen LogP contribution is 2.22. The molecule has 1 N–H and O–H groups in total. The van der Waals surface area contributed by atoms with Gasteiger partial charge >= 0.3 is 0 Å². The van der Waals surface area contributed by atoms with Crippen molar-refractivity contribution >= 4 is 34.2 Å². The summed E-state index contributed by atoms with van der Waals surface area (Å²) < 4.78 is 1.30. The summed E-state index contributed by atoms with van der Waals surface area (Å²) in [5.41, 5.74) is 2.84. The Hall–Kier alpha value is -2.73. The summed E-state index contributed by atoms with van der Waals surface area (Å²) in [4.78, 5) is 33.8. The Bertz CT molecular complexity index is 1060. The molecule has 4 rings (SSSR count). The van der Waals surface area contributed by atoms with Crippen LogP contribution in [-0.2, 0) is 24.2 Å². The van der Waals surface area contributed by atoms with Crippen LogP contribution in [0.4, 0.5) is 5.69 Å². The highest BCUT2D eigenvalue weighted by molar-refractivity contribution is 6.33. The first-order chi connectivity index (χ1) is 12.6. The van der Waals surface area contributed by atoms with Gasteiger partial charge in [-0.25, -0.2) is 9.97 Å². The van der Waals surface area contributed by atoms with Crippen LogP contribution in [0.15, 0.2) is 41.5 Å². The van der Waals surface area contributed by atoms with Gasteiger partial charge in [0.2, 0.25) is 5.91 Å². The number of halogens is 1. The summed E-state index contributed by atoms with van der Waals surface area (Å²) in [5, 5.41) is 3.61. The van der Waals surface area contributed by atoms with Gasteiger partial charge in [0.15, 0.2) is 5.65 Å². The number of benzene rings is 1. The number of anilines is 1. The van der Waals surface area contributed by atoms with Crippen molar-refractivity contribution in [2.75, 3.05) is 5.32 Å². The maximum atomic E-state index is 12.7. The van der Waals surface area contributed by atoms with E-state index in [0.29, 0.717) is 21.7 Å².